The molecule has 2 aliphatic rings. The van der Waals surface area contributed by atoms with E-state index < -0.39 is 10.0 Å². The van der Waals surface area contributed by atoms with E-state index in [2.05, 4.69) is 5.32 Å². The molecule has 26 heavy (non-hydrogen) atoms. The molecule has 0 aliphatic carbocycles. The van der Waals surface area contributed by atoms with Crippen molar-refractivity contribution < 1.29 is 17.9 Å². The fourth-order valence-corrected chi connectivity index (χ4v) is 4.72. The van der Waals surface area contributed by atoms with E-state index in [0.29, 0.717) is 37.7 Å². The van der Waals surface area contributed by atoms with Crippen molar-refractivity contribution in [1.82, 2.24) is 14.5 Å². The molecular formula is C17H24ClN3O4S. The Morgan fingerprint density at radius 3 is 2.50 bits per heavy atom. The Balaban J connectivity index is 1.46. The Morgan fingerprint density at radius 2 is 1.88 bits per heavy atom. The van der Waals surface area contributed by atoms with Gasteiger partial charge in [-0.05, 0) is 37.1 Å². The molecule has 2 saturated heterocycles. The second kappa shape index (κ2) is 8.67. The third-order valence-electron chi connectivity index (χ3n) is 4.70. The highest BCUT2D eigenvalue weighted by Crippen LogP contribution is 2.19. The number of halogens is 1. The van der Waals surface area contributed by atoms with Crippen LogP contribution in [0.15, 0.2) is 29.2 Å². The van der Waals surface area contributed by atoms with Gasteiger partial charge in [-0.25, -0.2) is 8.42 Å². The topological polar surface area (TPSA) is 79.0 Å². The number of hydrogen-bond donors (Lipinski definition) is 1. The lowest BCUT2D eigenvalue weighted by atomic mass is 10.2. The third-order valence-corrected chi connectivity index (χ3v) is 6.87. The first-order valence-electron chi connectivity index (χ1n) is 8.81. The maximum Gasteiger partial charge on any atom is 0.243 e. The fraction of sp³-hybridized carbons (Fsp3) is 0.588. The first-order valence-corrected chi connectivity index (χ1v) is 10.6. The molecule has 1 aromatic carbocycles. The monoisotopic (exact) mass is 401 g/mol. The molecule has 0 aromatic heterocycles. The lowest BCUT2D eigenvalue weighted by Gasteiger charge is -2.33. The van der Waals surface area contributed by atoms with E-state index in [1.54, 1.807) is 12.1 Å². The van der Waals surface area contributed by atoms with Gasteiger partial charge in [0.15, 0.2) is 0 Å². The van der Waals surface area contributed by atoms with Gasteiger partial charge in [0, 0.05) is 44.4 Å². The molecule has 1 aromatic rings. The minimum absolute atomic E-state index is 0.0468. The summed E-state index contributed by atoms with van der Waals surface area (Å²) < 4.78 is 32.2. The molecule has 0 saturated carbocycles. The van der Waals surface area contributed by atoms with Crippen molar-refractivity contribution in [2.75, 3.05) is 45.9 Å². The number of rotatable bonds is 6. The molecule has 7 nitrogen and oxygen atoms in total. The van der Waals surface area contributed by atoms with E-state index in [1.807, 2.05) is 4.90 Å². The van der Waals surface area contributed by atoms with E-state index in [-0.39, 0.29) is 23.5 Å². The number of ether oxygens (including phenoxy) is 1. The lowest BCUT2D eigenvalue weighted by molar-refractivity contribution is -0.123. The van der Waals surface area contributed by atoms with Crippen LogP contribution in [0, 0.1) is 0 Å². The molecule has 2 heterocycles. The van der Waals surface area contributed by atoms with Crippen LogP contribution in [-0.4, -0.2) is 75.5 Å². The quantitative estimate of drug-likeness (QED) is 0.767. The van der Waals surface area contributed by atoms with Gasteiger partial charge in [0.25, 0.3) is 0 Å². The summed E-state index contributed by atoms with van der Waals surface area (Å²) in [6.45, 7) is 3.38. The van der Waals surface area contributed by atoms with Gasteiger partial charge < -0.3 is 10.1 Å². The van der Waals surface area contributed by atoms with Crippen molar-refractivity contribution in [3.05, 3.63) is 29.3 Å². The summed E-state index contributed by atoms with van der Waals surface area (Å²) in [4.78, 5) is 14.3. The van der Waals surface area contributed by atoms with Gasteiger partial charge in [-0.1, -0.05) is 11.6 Å². The molecule has 2 aliphatic heterocycles. The number of carbonyl (C=O) groups is 1. The second-order valence-corrected chi connectivity index (χ2v) is 8.95. The van der Waals surface area contributed by atoms with Gasteiger partial charge in [0.05, 0.1) is 17.5 Å². The molecule has 1 atom stereocenters. The zero-order valence-corrected chi connectivity index (χ0v) is 16.1. The molecule has 0 unspecified atom stereocenters. The van der Waals surface area contributed by atoms with E-state index in [0.717, 1.165) is 19.4 Å². The predicted molar refractivity (Wildman–Crippen MR) is 98.6 cm³/mol. The van der Waals surface area contributed by atoms with Crippen LogP contribution in [0.25, 0.3) is 0 Å². The molecule has 1 amide bonds. The molecule has 2 fully saturated rings. The minimum atomic E-state index is -3.52. The van der Waals surface area contributed by atoms with Crippen LogP contribution in [0.2, 0.25) is 5.02 Å². The number of amides is 1. The smallest absolute Gasteiger partial charge is 0.243 e. The fourth-order valence-electron chi connectivity index (χ4n) is 3.18. The highest BCUT2D eigenvalue weighted by atomic mass is 35.5. The molecule has 0 spiro atoms. The minimum Gasteiger partial charge on any atom is -0.376 e. The predicted octanol–water partition coefficient (Wildman–Crippen LogP) is 0.941. The molecule has 0 bridgehead atoms. The highest BCUT2D eigenvalue weighted by Gasteiger charge is 2.29. The molecule has 0 radical (unpaired) electrons. The standard InChI is InChI=1S/C17H24ClN3O4S/c18-14-3-5-16(6-4-14)26(23,24)21-9-7-20(8-10-21)13-17(22)19-12-15-2-1-11-25-15/h3-6,15H,1-2,7-13H2,(H,19,22)/t15-/m0/s1. The van der Waals surface area contributed by atoms with Crippen LogP contribution in [-0.2, 0) is 19.6 Å². The Kier molecular flexibility index (Phi) is 6.52. The van der Waals surface area contributed by atoms with Crippen LogP contribution >= 0.6 is 11.6 Å². The van der Waals surface area contributed by atoms with Crippen LogP contribution in [0.5, 0.6) is 0 Å². The van der Waals surface area contributed by atoms with E-state index >= 15 is 0 Å². The molecule has 144 valence electrons. The van der Waals surface area contributed by atoms with E-state index in [1.165, 1.54) is 16.4 Å². The normalized spacial score (nSPS) is 22.4. The SMILES string of the molecule is O=C(CN1CCN(S(=O)(=O)c2ccc(Cl)cc2)CC1)NC[C@@H]1CCCO1. The Morgan fingerprint density at radius 1 is 1.19 bits per heavy atom. The summed E-state index contributed by atoms with van der Waals surface area (Å²) in [7, 11) is -3.52. The van der Waals surface area contributed by atoms with Gasteiger partial charge in [-0.3, -0.25) is 9.69 Å². The van der Waals surface area contributed by atoms with Gasteiger partial charge >= 0.3 is 0 Å². The summed E-state index contributed by atoms with van der Waals surface area (Å²) >= 11 is 5.82. The third kappa shape index (κ3) is 4.95. The Labute approximate surface area is 159 Å². The zero-order chi connectivity index (χ0) is 18.6. The van der Waals surface area contributed by atoms with Crippen LogP contribution < -0.4 is 5.32 Å². The number of benzene rings is 1. The maximum atomic E-state index is 12.6. The summed E-state index contributed by atoms with van der Waals surface area (Å²) in [6, 6.07) is 6.18. The lowest BCUT2D eigenvalue weighted by Crippen LogP contribution is -2.51. The molecule has 9 heteroatoms. The van der Waals surface area contributed by atoms with Crippen molar-refractivity contribution in [2.45, 2.75) is 23.8 Å². The first-order chi connectivity index (χ1) is 12.4. The van der Waals surface area contributed by atoms with Gasteiger partial charge in [-0.2, -0.15) is 4.31 Å². The van der Waals surface area contributed by atoms with E-state index in [9.17, 15) is 13.2 Å². The van der Waals surface area contributed by atoms with Crippen molar-refractivity contribution in [3.63, 3.8) is 0 Å². The molecular weight excluding hydrogens is 378 g/mol. The van der Waals surface area contributed by atoms with Crippen LogP contribution in [0.4, 0.5) is 0 Å². The average molecular weight is 402 g/mol. The maximum absolute atomic E-state index is 12.6. The number of piperazine rings is 1. The number of carbonyl (C=O) groups excluding carboxylic acids is 1. The van der Waals surface area contributed by atoms with E-state index in [4.69, 9.17) is 16.3 Å². The Bertz CT molecular complexity index is 712. The first kappa shape index (κ1) is 19.6. The van der Waals surface area contributed by atoms with Crippen LogP contribution in [0.3, 0.4) is 0 Å². The Hall–Kier alpha value is -1.19. The van der Waals surface area contributed by atoms with Crippen LogP contribution in [0.1, 0.15) is 12.8 Å². The van der Waals surface area contributed by atoms with Gasteiger partial charge in [0.1, 0.15) is 0 Å². The largest absolute Gasteiger partial charge is 0.376 e. The summed E-state index contributed by atoms with van der Waals surface area (Å²) in [5.74, 6) is -0.0468. The highest BCUT2D eigenvalue weighted by molar-refractivity contribution is 7.89. The van der Waals surface area contributed by atoms with Crippen molar-refractivity contribution in [3.8, 4) is 0 Å². The summed E-state index contributed by atoms with van der Waals surface area (Å²) in [5, 5.41) is 3.40. The summed E-state index contributed by atoms with van der Waals surface area (Å²) in [5.41, 5.74) is 0. The second-order valence-electron chi connectivity index (χ2n) is 6.57. The van der Waals surface area contributed by atoms with Crippen molar-refractivity contribution in [2.24, 2.45) is 0 Å². The molecule has 3 rings (SSSR count). The van der Waals surface area contributed by atoms with Crippen molar-refractivity contribution in [1.29, 1.82) is 0 Å². The van der Waals surface area contributed by atoms with Crippen molar-refractivity contribution >= 4 is 27.5 Å². The van der Waals surface area contributed by atoms with Gasteiger partial charge in [-0.15, -0.1) is 0 Å². The summed E-state index contributed by atoms with van der Waals surface area (Å²) in [6.07, 6.45) is 2.16. The average Bonchev–Trinajstić information content (AvgIpc) is 3.14. The zero-order valence-electron chi connectivity index (χ0n) is 14.6. The molecule has 1 N–H and O–H groups in total. The number of nitrogens with one attached hydrogen (secondary N) is 1. The number of sulfonamides is 1. The van der Waals surface area contributed by atoms with Gasteiger partial charge in [0.2, 0.25) is 15.9 Å². The number of hydrogen-bond acceptors (Lipinski definition) is 5. The number of nitrogens with zero attached hydrogens (tertiary/aromatic N) is 2.